The summed E-state index contributed by atoms with van der Waals surface area (Å²) in [5.41, 5.74) is 6.11. The standard InChI is InChI=1S/C15H21N3O4/c1-10(2)18(7-14(16)19)8-15(20)17-6-11-3-4-12-13(5-11)22-9-21-12/h3-5,10H,6-9H2,1-2H3,(H2,16,19)(H,17,20). The second-order valence-electron chi connectivity index (χ2n) is 5.43. The molecule has 22 heavy (non-hydrogen) atoms. The number of hydrogen-bond donors (Lipinski definition) is 2. The highest BCUT2D eigenvalue weighted by Gasteiger charge is 2.17. The van der Waals surface area contributed by atoms with Crippen molar-refractivity contribution < 1.29 is 19.1 Å². The maximum atomic E-state index is 12.0. The van der Waals surface area contributed by atoms with Crippen molar-refractivity contribution in [3.05, 3.63) is 23.8 Å². The molecule has 7 heteroatoms. The number of nitrogens with two attached hydrogens (primary N) is 1. The monoisotopic (exact) mass is 307 g/mol. The highest BCUT2D eigenvalue weighted by molar-refractivity contribution is 5.80. The number of ether oxygens (including phenoxy) is 2. The van der Waals surface area contributed by atoms with Gasteiger partial charge in [0.2, 0.25) is 18.6 Å². The summed E-state index contributed by atoms with van der Waals surface area (Å²) in [6.07, 6.45) is 0. The molecule has 0 atom stereocenters. The summed E-state index contributed by atoms with van der Waals surface area (Å²) in [7, 11) is 0. The first-order valence-corrected chi connectivity index (χ1v) is 7.13. The van der Waals surface area contributed by atoms with Crippen LogP contribution in [0, 0.1) is 0 Å². The smallest absolute Gasteiger partial charge is 0.234 e. The molecule has 1 aliphatic rings. The number of carbonyl (C=O) groups is 2. The van der Waals surface area contributed by atoms with Crippen LogP contribution in [0.3, 0.4) is 0 Å². The van der Waals surface area contributed by atoms with E-state index >= 15 is 0 Å². The molecular formula is C15H21N3O4. The quantitative estimate of drug-likeness (QED) is 0.752. The topological polar surface area (TPSA) is 93.9 Å². The fourth-order valence-electron chi connectivity index (χ4n) is 2.11. The number of rotatable bonds is 7. The summed E-state index contributed by atoms with van der Waals surface area (Å²) in [4.78, 5) is 24.7. The summed E-state index contributed by atoms with van der Waals surface area (Å²) in [6.45, 7) is 4.63. The summed E-state index contributed by atoms with van der Waals surface area (Å²) in [6, 6.07) is 5.59. The van der Waals surface area contributed by atoms with Gasteiger partial charge in [0, 0.05) is 12.6 Å². The van der Waals surface area contributed by atoms with E-state index in [0.717, 1.165) is 5.56 Å². The predicted molar refractivity (Wildman–Crippen MR) is 80.3 cm³/mol. The zero-order valence-electron chi connectivity index (χ0n) is 12.8. The second kappa shape index (κ2) is 7.13. The Hall–Kier alpha value is -2.28. The molecule has 0 fully saturated rings. The van der Waals surface area contributed by atoms with Crippen molar-refractivity contribution >= 4 is 11.8 Å². The van der Waals surface area contributed by atoms with Gasteiger partial charge < -0.3 is 20.5 Å². The van der Waals surface area contributed by atoms with Gasteiger partial charge in [-0.2, -0.15) is 0 Å². The van der Waals surface area contributed by atoms with E-state index in [2.05, 4.69) is 5.32 Å². The SMILES string of the molecule is CC(C)N(CC(N)=O)CC(=O)NCc1ccc2c(c1)OCO2. The van der Waals surface area contributed by atoms with Crippen molar-refractivity contribution in [1.82, 2.24) is 10.2 Å². The van der Waals surface area contributed by atoms with Crippen LogP contribution < -0.4 is 20.5 Å². The number of primary amides is 1. The Morgan fingerprint density at radius 1 is 1.27 bits per heavy atom. The van der Waals surface area contributed by atoms with Crippen LogP contribution in [0.2, 0.25) is 0 Å². The molecule has 0 radical (unpaired) electrons. The predicted octanol–water partition coefficient (Wildman–Crippen LogP) is 0.227. The van der Waals surface area contributed by atoms with Gasteiger partial charge in [-0.05, 0) is 31.5 Å². The summed E-state index contributed by atoms with van der Waals surface area (Å²) in [5.74, 6) is 0.789. The molecule has 7 nitrogen and oxygen atoms in total. The molecule has 2 amide bonds. The van der Waals surface area contributed by atoms with Crippen LogP contribution in [-0.4, -0.2) is 42.6 Å². The summed E-state index contributed by atoms with van der Waals surface area (Å²) < 4.78 is 10.5. The Labute approximate surface area is 129 Å². The molecule has 1 aromatic carbocycles. The Bertz CT molecular complexity index is 560. The lowest BCUT2D eigenvalue weighted by molar-refractivity contribution is -0.124. The third kappa shape index (κ3) is 4.36. The Morgan fingerprint density at radius 2 is 2.00 bits per heavy atom. The summed E-state index contributed by atoms with van der Waals surface area (Å²) >= 11 is 0. The van der Waals surface area contributed by atoms with Gasteiger partial charge in [0.1, 0.15) is 0 Å². The van der Waals surface area contributed by atoms with E-state index in [1.807, 2.05) is 32.0 Å². The minimum atomic E-state index is -0.447. The molecule has 0 unspecified atom stereocenters. The first-order valence-electron chi connectivity index (χ1n) is 7.13. The van der Waals surface area contributed by atoms with Crippen LogP contribution in [0.1, 0.15) is 19.4 Å². The highest BCUT2D eigenvalue weighted by atomic mass is 16.7. The van der Waals surface area contributed by atoms with Crippen LogP contribution >= 0.6 is 0 Å². The summed E-state index contributed by atoms with van der Waals surface area (Å²) in [5, 5.41) is 2.82. The largest absolute Gasteiger partial charge is 0.454 e. The Kier molecular flexibility index (Phi) is 5.21. The minimum absolute atomic E-state index is 0.0591. The molecule has 1 heterocycles. The second-order valence-corrected chi connectivity index (χ2v) is 5.43. The van der Waals surface area contributed by atoms with E-state index in [1.165, 1.54) is 0 Å². The lowest BCUT2D eigenvalue weighted by Gasteiger charge is -2.24. The van der Waals surface area contributed by atoms with Crippen molar-refractivity contribution in [2.24, 2.45) is 5.73 Å². The molecule has 120 valence electrons. The maximum Gasteiger partial charge on any atom is 0.234 e. The molecule has 1 aromatic rings. The van der Waals surface area contributed by atoms with Crippen LogP contribution in [0.25, 0.3) is 0 Å². The molecule has 0 bridgehead atoms. The van der Waals surface area contributed by atoms with Gasteiger partial charge >= 0.3 is 0 Å². The number of carbonyl (C=O) groups excluding carboxylic acids is 2. The van der Waals surface area contributed by atoms with Crippen molar-refractivity contribution in [3.63, 3.8) is 0 Å². The van der Waals surface area contributed by atoms with Gasteiger partial charge in [-0.3, -0.25) is 14.5 Å². The number of amides is 2. The molecule has 3 N–H and O–H groups in total. The average molecular weight is 307 g/mol. The van der Waals surface area contributed by atoms with E-state index in [9.17, 15) is 9.59 Å². The van der Waals surface area contributed by atoms with Gasteiger partial charge in [-0.1, -0.05) is 6.07 Å². The minimum Gasteiger partial charge on any atom is -0.454 e. The third-order valence-electron chi connectivity index (χ3n) is 3.36. The van der Waals surface area contributed by atoms with Gasteiger partial charge in [0.05, 0.1) is 13.1 Å². The number of benzene rings is 1. The van der Waals surface area contributed by atoms with Crippen LogP contribution in [0.4, 0.5) is 0 Å². The van der Waals surface area contributed by atoms with E-state index in [4.69, 9.17) is 15.2 Å². The number of fused-ring (bicyclic) bond motifs is 1. The molecule has 0 saturated heterocycles. The maximum absolute atomic E-state index is 12.0. The molecule has 0 aromatic heterocycles. The van der Waals surface area contributed by atoms with Crippen LogP contribution in [0.15, 0.2) is 18.2 Å². The lowest BCUT2D eigenvalue weighted by Crippen LogP contribution is -2.44. The number of nitrogens with one attached hydrogen (secondary N) is 1. The molecule has 1 aliphatic heterocycles. The average Bonchev–Trinajstić information content (AvgIpc) is 2.91. The van der Waals surface area contributed by atoms with Crippen LogP contribution in [-0.2, 0) is 16.1 Å². The Morgan fingerprint density at radius 3 is 2.68 bits per heavy atom. The first-order chi connectivity index (χ1) is 10.5. The molecule has 0 spiro atoms. The molecule has 2 rings (SSSR count). The van der Waals surface area contributed by atoms with Gasteiger partial charge in [-0.15, -0.1) is 0 Å². The van der Waals surface area contributed by atoms with Crippen molar-refractivity contribution in [2.75, 3.05) is 19.9 Å². The fourth-order valence-corrected chi connectivity index (χ4v) is 2.11. The normalized spacial score (nSPS) is 12.7. The first kappa shape index (κ1) is 16.1. The zero-order valence-corrected chi connectivity index (χ0v) is 12.8. The Balaban J connectivity index is 1.85. The fraction of sp³-hybridized carbons (Fsp3) is 0.467. The van der Waals surface area contributed by atoms with E-state index in [0.29, 0.717) is 18.0 Å². The number of nitrogens with zero attached hydrogens (tertiary/aromatic N) is 1. The van der Waals surface area contributed by atoms with E-state index in [1.54, 1.807) is 4.90 Å². The van der Waals surface area contributed by atoms with E-state index in [-0.39, 0.29) is 31.8 Å². The highest BCUT2D eigenvalue weighted by Crippen LogP contribution is 2.32. The molecule has 0 saturated carbocycles. The number of hydrogen-bond acceptors (Lipinski definition) is 5. The van der Waals surface area contributed by atoms with Gasteiger partial charge in [-0.25, -0.2) is 0 Å². The van der Waals surface area contributed by atoms with E-state index < -0.39 is 5.91 Å². The zero-order chi connectivity index (χ0) is 16.1. The lowest BCUT2D eigenvalue weighted by atomic mass is 10.2. The van der Waals surface area contributed by atoms with Gasteiger partial charge in [0.15, 0.2) is 11.5 Å². The third-order valence-corrected chi connectivity index (χ3v) is 3.36. The van der Waals surface area contributed by atoms with Gasteiger partial charge in [0.25, 0.3) is 0 Å². The van der Waals surface area contributed by atoms with Crippen molar-refractivity contribution in [2.45, 2.75) is 26.4 Å². The van der Waals surface area contributed by atoms with Crippen LogP contribution in [0.5, 0.6) is 11.5 Å². The van der Waals surface area contributed by atoms with Crippen molar-refractivity contribution in [3.8, 4) is 11.5 Å². The van der Waals surface area contributed by atoms with Crippen molar-refractivity contribution in [1.29, 1.82) is 0 Å². The molecular weight excluding hydrogens is 286 g/mol. The molecule has 0 aliphatic carbocycles.